The molecule has 1 aliphatic rings. The van der Waals surface area contributed by atoms with Gasteiger partial charge < -0.3 is 19.0 Å². The minimum Gasteiger partial charge on any atom is -0.497 e. The third-order valence-corrected chi connectivity index (χ3v) is 3.75. The molecule has 2 aromatic rings. The minimum absolute atomic E-state index is 0.292. The topological polar surface area (TPSA) is 57.0 Å². The van der Waals surface area contributed by atoms with E-state index >= 15 is 0 Å². The van der Waals surface area contributed by atoms with Gasteiger partial charge in [0, 0.05) is 0 Å². The standard InChI is InChI=1S/C18H18FNO5/c1-22-13-7-9-15(10-8-13)25-20-11-16(20)17(18(21)23-2)24-14-5-3-12(19)4-6-14/h3-10,16-17H,11H2,1-2H3/t16-,17+,20?/m1/s1. The van der Waals surface area contributed by atoms with Crippen LogP contribution >= 0.6 is 0 Å². The Kier molecular flexibility index (Phi) is 5.04. The number of hydrogen-bond acceptors (Lipinski definition) is 6. The molecule has 1 unspecified atom stereocenters. The fourth-order valence-electron chi connectivity index (χ4n) is 2.32. The van der Waals surface area contributed by atoms with Crippen LogP contribution < -0.4 is 14.3 Å². The number of carbonyl (C=O) groups is 1. The van der Waals surface area contributed by atoms with E-state index in [1.54, 1.807) is 36.4 Å². The number of rotatable bonds is 7. The van der Waals surface area contributed by atoms with Gasteiger partial charge in [-0.05, 0) is 48.5 Å². The minimum atomic E-state index is -0.867. The highest BCUT2D eigenvalue weighted by atomic mass is 19.1. The molecule has 3 rings (SSSR count). The van der Waals surface area contributed by atoms with E-state index in [1.807, 2.05) is 0 Å². The van der Waals surface area contributed by atoms with Gasteiger partial charge in [-0.2, -0.15) is 0 Å². The molecule has 3 atom stereocenters. The predicted molar refractivity (Wildman–Crippen MR) is 86.9 cm³/mol. The zero-order chi connectivity index (χ0) is 17.8. The van der Waals surface area contributed by atoms with Crippen LogP contribution in [-0.2, 0) is 9.53 Å². The van der Waals surface area contributed by atoms with E-state index in [0.717, 1.165) is 5.75 Å². The molecule has 0 N–H and O–H groups in total. The van der Waals surface area contributed by atoms with Crippen molar-refractivity contribution in [3.63, 3.8) is 0 Å². The number of esters is 1. The molecule has 0 aromatic heterocycles. The summed E-state index contributed by atoms with van der Waals surface area (Å²) >= 11 is 0. The molecule has 0 aliphatic carbocycles. The summed E-state index contributed by atoms with van der Waals surface area (Å²) in [5, 5.41) is 1.62. The number of carbonyl (C=O) groups excluding carboxylic acids is 1. The highest BCUT2D eigenvalue weighted by molar-refractivity contribution is 5.76. The van der Waals surface area contributed by atoms with E-state index in [1.165, 1.54) is 31.4 Å². The average molecular weight is 347 g/mol. The monoisotopic (exact) mass is 347 g/mol. The molecule has 0 saturated carbocycles. The van der Waals surface area contributed by atoms with Crippen LogP contribution in [0.5, 0.6) is 17.2 Å². The second-order valence-corrected chi connectivity index (χ2v) is 5.45. The molecular weight excluding hydrogens is 329 g/mol. The molecule has 7 heteroatoms. The van der Waals surface area contributed by atoms with Crippen molar-refractivity contribution in [2.45, 2.75) is 12.1 Å². The molecule has 0 bridgehead atoms. The van der Waals surface area contributed by atoms with Gasteiger partial charge in [0.1, 0.15) is 29.1 Å². The number of hydroxylamine groups is 2. The first-order valence-corrected chi connectivity index (χ1v) is 7.69. The number of nitrogens with zero attached hydrogens (tertiary/aromatic N) is 1. The number of hydrogen-bond donors (Lipinski definition) is 0. The van der Waals surface area contributed by atoms with Crippen LogP contribution in [0.1, 0.15) is 0 Å². The smallest absolute Gasteiger partial charge is 0.348 e. The molecule has 1 aliphatic heterocycles. The van der Waals surface area contributed by atoms with Gasteiger partial charge in [-0.3, -0.25) is 0 Å². The van der Waals surface area contributed by atoms with Gasteiger partial charge in [-0.15, -0.1) is 5.06 Å². The molecule has 2 aromatic carbocycles. The first kappa shape index (κ1) is 17.0. The maximum atomic E-state index is 13.0. The summed E-state index contributed by atoms with van der Waals surface area (Å²) in [5.41, 5.74) is 0. The molecule has 25 heavy (non-hydrogen) atoms. The van der Waals surface area contributed by atoms with Crippen molar-refractivity contribution >= 4 is 5.97 Å². The average Bonchev–Trinajstić information content (AvgIpc) is 3.40. The molecule has 132 valence electrons. The number of benzene rings is 2. The summed E-state index contributed by atoms with van der Waals surface area (Å²) in [5.74, 6) is 0.830. The highest BCUT2D eigenvalue weighted by Crippen LogP contribution is 2.28. The molecule has 0 spiro atoms. The summed E-state index contributed by atoms with van der Waals surface area (Å²) in [6.45, 7) is 0.507. The lowest BCUT2D eigenvalue weighted by Gasteiger charge is -2.17. The lowest BCUT2D eigenvalue weighted by molar-refractivity contribution is -0.150. The van der Waals surface area contributed by atoms with Gasteiger partial charge in [-0.25, -0.2) is 9.18 Å². The maximum absolute atomic E-state index is 13.0. The Morgan fingerprint density at radius 2 is 1.64 bits per heavy atom. The van der Waals surface area contributed by atoms with Crippen molar-refractivity contribution in [1.82, 2.24) is 5.06 Å². The van der Waals surface area contributed by atoms with E-state index in [4.69, 9.17) is 19.0 Å². The van der Waals surface area contributed by atoms with Gasteiger partial charge in [-0.1, -0.05) is 0 Å². The van der Waals surface area contributed by atoms with Crippen molar-refractivity contribution < 1.29 is 28.2 Å². The first-order chi connectivity index (χ1) is 12.1. The Hall–Kier alpha value is -2.80. The summed E-state index contributed by atoms with van der Waals surface area (Å²) in [7, 11) is 2.88. The Bertz CT molecular complexity index is 719. The normalized spacial score (nSPS) is 19.6. The van der Waals surface area contributed by atoms with Gasteiger partial charge in [0.15, 0.2) is 0 Å². The molecular formula is C18H18FNO5. The first-order valence-electron chi connectivity index (χ1n) is 7.69. The number of ether oxygens (including phenoxy) is 3. The van der Waals surface area contributed by atoms with E-state index < -0.39 is 12.1 Å². The van der Waals surface area contributed by atoms with Crippen molar-refractivity contribution in [3.8, 4) is 17.2 Å². The van der Waals surface area contributed by atoms with Crippen LogP contribution in [0.4, 0.5) is 4.39 Å². The molecule has 6 nitrogen and oxygen atoms in total. The largest absolute Gasteiger partial charge is 0.497 e. The summed E-state index contributed by atoms with van der Waals surface area (Å²) < 4.78 is 28.6. The van der Waals surface area contributed by atoms with Gasteiger partial charge in [0.25, 0.3) is 0 Å². The van der Waals surface area contributed by atoms with Crippen LogP contribution in [0.3, 0.4) is 0 Å². The van der Waals surface area contributed by atoms with Crippen LogP contribution in [0.15, 0.2) is 48.5 Å². The van der Waals surface area contributed by atoms with E-state index in [9.17, 15) is 9.18 Å². The fourth-order valence-corrected chi connectivity index (χ4v) is 2.32. The van der Waals surface area contributed by atoms with Crippen LogP contribution in [0, 0.1) is 5.82 Å². The number of methoxy groups -OCH3 is 2. The predicted octanol–water partition coefficient (Wildman–Crippen LogP) is 2.43. The lowest BCUT2D eigenvalue weighted by atomic mass is 10.2. The van der Waals surface area contributed by atoms with Gasteiger partial charge in [0.05, 0.1) is 20.8 Å². The van der Waals surface area contributed by atoms with Crippen molar-refractivity contribution in [3.05, 3.63) is 54.3 Å². The molecule has 1 fully saturated rings. The third kappa shape index (κ3) is 4.19. The second kappa shape index (κ2) is 7.40. The molecule has 0 amide bonds. The zero-order valence-electron chi connectivity index (χ0n) is 13.8. The maximum Gasteiger partial charge on any atom is 0.348 e. The zero-order valence-corrected chi connectivity index (χ0v) is 13.8. The van der Waals surface area contributed by atoms with Crippen molar-refractivity contribution in [1.29, 1.82) is 0 Å². The Morgan fingerprint density at radius 1 is 1.04 bits per heavy atom. The van der Waals surface area contributed by atoms with Crippen LogP contribution in [0.25, 0.3) is 0 Å². The Morgan fingerprint density at radius 3 is 2.24 bits per heavy atom. The molecule has 1 saturated heterocycles. The SMILES string of the molecule is COC(=O)[C@@H](Oc1ccc(F)cc1)[C@H]1CN1Oc1ccc(OC)cc1. The Balaban J connectivity index is 1.64. The summed E-state index contributed by atoms with van der Waals surface area (Å²) in [6, 6.07) is 12.3. The van der Waals surface area contributed by atoms with Crippen LogP contribution in [0.2, 0.25) is 0 Å². The molecule has 0 radical (unpaired) electrons. The summed E-state index contributed by atoms with van der Waals surface area (Å²) in [4.78, 5) is 17.7. The van der Waals surface area contributed by atoms with Crippen molar-refractivity contribution in [2.75, 3.05) is 20.8 Å². The summed E-state index contributed by atoms with van der Waals surface area (Å²) in [6.07, 6.45) is -0.867. The fraction of sp³-hybridized carbons (Fsp3) is 0.278. The van der Waals surface area contributed by atoms with Crippen LogP contribution in [-0.4, -0.2) is 43.9 Å². The van der Waals surface area contributed by atoms with Gasteiger partial charge in [0.2, 0.25) is 6.10 Å². The second-order valence-electron chi connectivity index (χ2n) is 5.45. The van der Waals surface area contributed by atoms with E-state index in [2.05, 4.69) is 0 Å². The van der Waals surface area contributed by atoms with E-state index in [-0.39, 0.29) is 11.9 Å². The van der Waals surface area contributed by atoms with Gasteiger partial charge >= 0.3 is 5.97 Å². The highest BCUT2D eigenvalue weighted by Gasteiger charge is 2.49. The quantitative estimate of drug-likeness (QED) is 0.566. The van der Waals surface area contributed by atoms with E-state index in [0.29, 0.717) is 18.0 Å². The third-order valence-electron chi connectivity index (χ3n) is 3.75. The molecule has 1 heterocycles. The lowest BCUT2D eigenvalue weighted by Crippen LogP contribution is -2.36. The number of halogens is 1. The van der Waals surface area contributed by atoms with Crippen molar-refractivity contribution in [2.24, 2.45) is 0 Å². The Labute approximate surface area is 144 Å².